The minimum atomic E-state index is -2.37. The summed E-state index contributed by atoms with van der Waals surface area (Å²) >= 11 is 4.23. The largest absolute Gasteiger partial charge is 0.431 e. The van der Waals surface area contributed by atoms with Crippen molar-refractivity contribution in [1.29, 1.82) is 0 Å². The van der Waals surface area contributed by atoms with Crippen molar-refractivity contribution in [1.82, 2.24) is 0 Å². The predicted molar refractivity (Wildman–Crippen MR) is 69.0 cm³/mol. The van der Waals surface area contributed by atoms with Crippen molar-refractivity contribution in [3.8, 4) is 0 Å². The van der Waals surface area contributed by atoms with E-state index in [-0.39, 0.29) is 3.99 Å². The monoisotopic (exact) mass is 256 g/mol. The fraction of sp³-hybridized carbons (Fsp3) is 1.00. The Morgan fingerprint density at radius 1 is 1.15 bits per heavy atom. The quantitative estimate of drug-likeness (QED) is 0.410. The molecule has 80 valence electrons. The second kappa shape index (κ2) is 4.28. The van der Waals surface area contributed by atoms with Gasteiger partial charge in [0.1, 0.15) is 0 Å². The van der Waals surface area contributed by atoms with Gasteiger partial charge in [-0.1, -0.05) is 17.7 Å². The molecule has 2 N–H and O–H groups in total. The van der Waals surface area contributed by atoms with Gasteiger partial charge < -0.3 is 9.59 Å². The Hall–Kier alpha value is 1.05. The summed E-state index contributed by atoms with van der Waals surface area (Å²) in [4.78, 5) is 20.4. The summed E-state index contributed by atoms with van der Waals surface area (Å²) in [6.07, 6.45) is 0.784. The molecule has 0 bridgehead atoms. The normalized spacial score (nSPS) is 14.8. The van der Waals surface area contributed by atoms with Crippen LogP contribution in [0.3, 0.4) is 0 Å². The van der Waals surface area contributed by atoms with Crippen LogP contribution in [0.5, 0.6) is 0 Å². The molecule has 13 heavy (non-hydrogen) atoms. The standard InChI is InChI=1S/C7H20O2S2Si2/c1-6-7(11-10,12(2,3)8)13(4,5)9/h8-10H,6H2,1-5H3. The molecule has 0 rings (SSSR count). The van der Waals surface area contributed by atoms with Gasteiger partial charge in [-0.05, 0) is 32.6 Å². The van der Waals surface area contributed by atoms with Gasteiger partial charge >= 0.3 is 0 Å². The van der Waals surface area contributed by atoms with Crippen LogP contribution >= 0.6 is 22.5 Å². The van der Waals surface area contributed by atoms with E-state index in [1.807, 2.05) is 33.1 Å². The van der Waals surface area contributed by atoms with Gasteiger partial charge in [0.25, 0.3) is 0 Å². The lowest BCUT2D eigenvalue weighted by Gasteiger charge is -2.45. The topological polar surface area (TPSA) is 40.5 Å². The number of thiol groups is 1. The average molecular weight is 257 g/mol. The summed E-state index contributed by atoms with van der Waals surface area (Å²) in [5.41, 5.74) is 0. The number of rotatable bonds is 4. The third-order valence-corrected chi connectivity index (χ3v) is 17.1. The van der Waals surface area contributed by atoms with Crippen molar-refractivity contribution in [2.24, 2.45) is 0 Å². The van der Waals surface area contributed by atoms with Crippen molar-refractivity contribution in [2.75, 3.05) is 0 Å². The first kappa shape index (κ1) is 14.1. The van der Waals surface area contributed by atoms with Crippen molar-refractivity contribution < 1.29 is 9.59 Å². The van der Waals surface area contributed by atoms with E-state index in [1.165, 1.54) is 10.8 Å². The van der Waals surface area contributed by atoms with Crippen LogP contribution in [0.4, 0.5) is 0 Å². The summed E-state index contributed by atoms with van der Waals surface area (Å²) in [5, 5.41) is 0. The lowest BCUT2D eigenvalue weighted by molar-refractivity contribution is 0.489. The Balaban J connectivity index is 5.17. The lowest BCUT2D eigenvalue weighted by Crippen LogP contribution is -2.66. The van der Waals surface area contributed by atoms with Crippen LogP contribution in [0.25, 0.3) is 0 Å². The maximum atomic E-state index is 10.2. The third kappa shape index (κ3) is 2.54. The molecule has 0 aromatic rings. The van der Waals surface area contributed by atoms with E-state index in [2.05, 4.69) is 11.7 Å². The molecule has 0 radical (unpaired) electrons. The maximum absolute atomic E-state index is 10.2. The first-order valence-corrected chi connectivity index (χ1v) is 12.2. The van der Waals surface area contributed by atoms with E-state index in [9.17, 15) is 9.59 Å². The number of hydrogen-bond donors (Lipinski definition) is 3. The highest BCUT2D eigenvalue weighted by molar-refractivity contribution is 8.70. The zero-order valence-corrected chi connectivity index (χ0v) is 12.7. The van der Waals surface area contributed by atoms with E-state index in [0.29, 0.717) is 0 Å². The maximum Gasteiger partial charge on any atom is 0.198 e. The fourth-order valence-electron chi connectivity index (χ4n) is 1.90. The molecule has 0 unspecified atom stereocenters. The zero-order chi connectivity index (χ0) is 10.9. The molecule has 2 nitrogen and oxygen atoms in total. The van der Waals surface area contributed by atoms with Crippen LogP contribution in [0.1, 0.15) is 13.3 Å². The molecule has 0 aliphatic carbocycles. The van der Waals surface area contributed by atoms with Crippen LogP contribution in [-0.4, -0.2) is 30.2 Å². The number of hydrogen-bond acceptors (Lipinski definition) is 4. The predicted octanol–water partition coefficient (Wildman–Crippen LogP) is 2.19. The molecule has 0 amide bonds. The Morgan fingerprint density at radius 2 is 1.46 bits per heavy atom. The van der Waals surface area contributed by atoms with Gasteiger partial charge in [0, 0.05) is 0 Å². The molecule has 0 aromatic heterocycles. The van der Waals surface area contributed by atoms with Crippen LogP contribution in [-0.2, 0) is 0 Å². The van der Waals surface area contributed by atoms with Gasteiger partial charge in [-0.2, -0.15) is 0 Å². The summed E-state index contributed by atoms with van der Waals surface area (Å²) in [5.74, 6) is 0. The molecule has 0 aliphatic rings. The molecular weight excluding hydrogens is 236 g/mol. The minimum Gasteiger partial charge on any atom is -0.431 e. The highest BCUT2D eigenvalue weighted by Crippen LogP contribution is 2.44. The van der Waals surface area contributed by atoms with Crippen molar-refractivity contribution in [2.45, 2.75) is 43.5 Å². The Kier molecular flexibility index (Phi) is 4.63. The van der Waals surface area contributed by atoms with E-state index in [0.717, 1.165) is 6.42 Å². The first-order valence-electron chi connectivity index (χ1n) is 4.39. The van der Waals surface area contributed by atoms with Crippen molar-refractivity contribution in [3.05, 3.63) is 0 Å². The summed E-state index contributed by atoms with van der Waals surface area (Å²) in [7, 11) is -3.40. The SMILES string of the molecule is CCC(SS)([Si](C)(C)O)[Si](C)(C)O. The molecule has 0 heterocycles. The second-order valence-corrected chi connectivity index (χ2v) is 15.0. The van der Waals surface area contributed by atoms with E-state index in [1.54, 1.807) is 0 Å². The van der Waals surface area contributed by atoms with Crippen LogP contribution in [0.15, 0.2) is 0 Å². The smallest absolute Gasteiger partial charge is 0.198 e. The third-order valence-electron chi connectivity index (χ3n) is 2.63. The van der Waals surface area contributed by atoms with E-state index in [4.69, 9.17) is 0 Å². The molecular formula is C7H20O2S2Si2. The van der Waals surface area contributed by atoms with Crippen LogP contribution < -0.4 is 0 Å². The molecule has 6 heteroatoms. The van der Waals surface area contributed by atoms with Gasteiger partial charge in [-0.25, -0.2) is 0 Å². The van der Waals surface area contributed by atoms with Gasteiger partial charge in [-0.15, -0.1) is 11.7 Å². The first-order chi connectivity index (χ1) is 5.62. The molecule has 0 saturated heterocycles. The van der Waals surface area contributed by atoms with Gasteiger partial charge in [0.05, 0.1) is 3.99 Å². The Bertz CT molecular complexity index is 154. The van der Waals surface area contributed by atoms with Gasteiger partial charge in [0.2, 0.25) is 0 Å². The highest BCUT2D eigenvalue weighted by atomic mass is 33.1. The van der Waals surface area contributed by atoms with Crippen molar-refractivity contribution >= 4 is 39.1 Å². The van der Waals surface area contributed by atoms with E-state index >= 15 is 0 Å². The van der Waals surface area contributed by atoms with E-state index < -0.39 is 16.6 Å². The summed E-state index contributed by atoms with van der Waals surface area (Å²) in [6, 6.07) is 0. The van der Waals surface area contributed by atoms with Crippen LogP contribution in [0, 0.1) is 0 Å². The molecule has 0 saturated carbocycles. The lowest BCUT2D eigenvalue weighted by atomic mass is 10.6. The molecule has 0 spiro atoms. The molecule has 0 aromatic carbocycles. The van der Waals surface area contributed by atoms with Crippen molar-refractivity contribution in [3.63, 3.8) is 0 Å². The summed E-state index contributed by atoms with van der Waals surface area (Å²) in [6.45, 7) is 9.53. The second-order valence-electron chi connectivity index (χ2n) is 4.39. The molecule has 0 atom stereocenters. The Labute approximate surface area is 92.2 Å². The zero-order valence-electron chi connectivity index (χ0n) is 8.96. The van der Waals surface area contributed by atoms with Gasteiger partial charge in [0.15, 0.2) is 16.6 Å². The fourth-order valence-corrected chi connectivity index (χ4v) is 15.9. The minimum absolute atomic E-state index is 0.372. The summed E-state index contributed by atoms with van der Waals surface area (Å²) < 4.78 is -0.372. The Morgan fingerprint density at radius 3 is 1.46 bits per heavy atom. The molecule has 0 fully saturated rings. The molecule has 0 aliphatic heterocycles. The van der Waals surface area contributed by atoms with Crippen LogP contribution in [0.2, 0.25) is 26.2 Å². The average Bonchev–Trinajstić information content (AvgIpc) is 1.84. The highest BCUT2D eigenvalue weighted by Gasteiger charge is 2.56. The van der Waals surface area contributed by atoms with Gasteiger partial charge in [-0.3, -0.25) is 0 Å².